The number of halogens is 2. The molecule has 2 atom stereocenters. The highest BCUT2D eigenvalue weighted by molar-refractivity contribution is 9.11. The van der Waals surface area contributed by atoms with E-state index in [2.05, 4.69) is 31.9 Å². The zero-order valence-electron chi connectivity index (χ0n) is 7.17. The van der Waals surface area contributed by atoms with E-state index in [1.165, 1.54) is 0 Å². The molecular weight excluding hydrogens is 298 g/mol. The van der Waals surface area contributed by atoms with Gasteiger partial charge in [0.05, 0.1) is 12.1 Å². The highest BCUT2D eigenvalue weighted by atomic mass is 79.9. The lowest BCUT2D eigenvalue weighted by atomic mass is 10.0. The lowest BCUT2D eigenvalue weighted by Gasteiger charge is -2.18. The Balaban J connectivity index is 3.12. The molecule has 0 heterocycles. The van der Waals surface area contributed by atoms with Crippen molar-refractivity contribution < 1.29 is 5.11 Å². The van der Waals surface area contributed by atoms with Gasteiger partial charge < -0.3 is 10.8 Å². The van der Waals surface area contributed by atoms with Crippen molar-refractivity contribution in [3.8, 4) is 0 Å². The summed E-state index contributed by atoms with van der Waals surface area (Å²) in [5, 5.41) is 9.36. The summed E-state index contributed by atoms with van der Waals surface area (Å²) in [6, 6.07) is 5.35. The Bertz CT molecular complexity index is 281. The van der Waals surface area contributed by atoms with Crippen LogP contribution in [0.2, 0.25) is 0 Å². The minimum Gasteiger partial charge on any atom is -0.391 e. The van der Waals surface area contributed by atoms with E-state index in [9.17, 15) is 5.11 Å². The van der Waals surface area contributed by atoms with Crippen LogP contribution in [0.25, 0.3) is 0 Å². The van der Waals surface area contributed by atoms with Crippen molar-refractivity contribution >= 4 is 31.9 Å². The topological polar surface area (TPSA) is 46.2 Å². The molecule has 2 nitrogen and oxygen atoms in total. The summed E-state index contributed by atoms with van der Waals surface area (Å²) in [6.45, 7) is 1.68. The van der Waals surface area contributed by atoms with Gasteiger partial charge in [-0.1, -0.05) is 37.9 Å². The molecule has 72 valence electrons. The second kappa shape index (κ2) is 4.55. The van der Waals surface area contributed by atoms with Crippen molar-refractivity contribution in [1.29, 1.82) is 0 Å². The Morgan fingerprint density at radius 3 is 2.15 bits per heavy atom. The lowest BCUT2D eigenvalue weighted by Crippen LogP contribution is -2.23. The van der Waals surface area contributed by atoms with Crippen LogP contribution in [0.1, 0.15) is 18.5 Å². The van der Waals surface area contributed by atoms with E-state index < -0.39 is 6.10 Å². The molecule has 0 aliphatic rings. The number of rotatable bonds is 2. The first-order chi connectivity index (χ1) is 6.04. The molecule has 1 aromatic rings. The van der Waals surface area contributed by atoms with Crippen LogP contribution in [0.4, 0.5) is 0 Å². The van der Waals surface area contributed by atoms with Crippen molar-refractivity contribution in [3.63, 3.8) is 0 Å². The summed E-state index contributed by atoms with van der Waals surface area (Å²) in [5.74, 6) is 0. The van der Waals surface area contributed by atoms with Crippen LogP contribution >= 0.6 is 31.9 Å². The maximum Gasteiger partial charge on any atom is 0.0705 e. The molecule has 3 N–H and O–H groups in total. The molecule has 0 bridgehead atoms. The average molecular weight is 309 g/mol. The third kappa shape index (κ3) is 2.53. The molecule has 4 heteroatoms. The minimum atomic E-state index is -0.560. The molecule has 0 fully saturated rings. The molecule has 0 saturated heterocycles. The van der Waals surface area contributed by atoms with Gasteiger partial charge in [0.25, 0.3) is 0 Å². The van der Waals surface area contributed by atoms with Crippen LogP contribution in [0.3, 0.4) is 0 Å². The van der Waals surface area contributed by atoms with Gasteiger partial charge in [-0.2, -0.15) is 0 Å². The fraction of sp³-hybridized carbons (Fsp3) is 0.333. The van der Waals surface area contributed by atoms with Gasteiger partial charge >= 0.3 is 0 Å². The summed E-state index contributed by atoms with van der Waals surface area (Å²) in [6.07, 6.45) is -0.560. The minimum absolute atomic E-state index is 0.370. The SMILES string of the molecule is CC(O)[C@@H](N)c1c(Br)cccc1Br. The Morgan fingerprint density at radius 2 is 1.77 bits per heavy atom. The number of benzene rings is 1. The Kier molecular flexibility index (Phi) is 3.91. The lowest BCUT2D eigenvalue weighted by molar-refractivity contribution is 0.163. The van der Waals surface area contributed by atoms with Gasteiger partial charge in [-0.3, -0.25) is 0 Å². The molecule has 0 aliphatic heterocycles. The van der Waals surface area contributed by atoms with E-state index in [0.717, 1.165) is 14.5 Å². The third-order valence-corrected chi connectivity index (χ3v) is 3.24. The first-order valence-corrected chi connectivity index (χ1v) is 5.50. The van der Waals surface area contributed by atoms with E-state index in [-0.39, 0.29) is 6.04 Å². The first kappa shape index (κ1) is 11.2. The quantitative estimate of drug-likeness (QED) is 0.882. The highest BCUT2D eigenvalue weighted by Gasteiger charge is 2.17. The molecule has 13 heavy (non-hydrogen) atoms. The van der Waals surface area contributed by atoms with Gasteiger partial charge in [0.1, 0.15) is 0 Å². The Hall–Kier alpha value is 0.1000. The van der Waals surface area contributed by atoms with Crippen LogP contribution in [-0.4, -0.2) is 11.2 Å². The van der Waals surface area contributed by atoms with Crippen LogP contribution < -0.4 is 5.73 Å². The molecule has 0 spiro atoms. The summed E-state index contributed by atoms with van der Waals surface area (Å²) in [4.78, 5) is 0. The monoisotopic (exact) mass is 307 g/mol. The molecule has 0 amide bonds. The molecule has 1 rings (SSSR count). The van der Waals surface area contributed by atoms with E-state index in [0.29, 0.717) is 0 Å². The number of hydrogen-bond acceptors (Lipinski definition) is 2. The van der Waals surface area contributed by atoms with E-state index in [1.54, 1.807) is 6.92 Å². The summed E-state index contributed by atoms with van der Waals surface area (Å²) in [7, 11) is 0. The van der Waals surface area contributed by atoms with Crippen molar-refractivity contribution in [2.75, 3.05) is 0 Å². The second-order valence-electron chi connectivity index (χ2n) is 2.90. The van der Waals surface area contributed by atoms with Gasteiger partial charge in [-0.05, 0) is 24.6 Å². The van der Waals surface area contributed by atoms with Gasteiger partial charge in [0.15, 0.2) is 0 Å². The number of aliphatic hydroxyl groups is 1. The molecule has 0 aliphatic carbocycles. The van der Waals surface area contributed by atoms with Gasteiger partial charge in [-0.25, -0.2) is 0 Å². The Labute approximate surface area is 94.4 Å². The van der Waals surface area contributed by atoms with Crippen LogP contribution in [-0.2, 0) is 0 Å². The largest absolute Gasteiger partial charge is 0.391 e. The maximum absolute atomic E-state index is 9.36. The normalized spacial score (nSPS) is 15.5. The van der Waals surface area contributed by atoms with Gasteiger partial charge in [0, 0.05) is 8.95 Å². The number of hydrogen-bond donors (Lipinski definition) is 2. The number of aliphatic hydroxyl groups excluding tert-OH is 1. The molecule has 0 saturated carbocycles. The maximum atomic E-state index is 9.36. The number of nitrogens with two attached hydrogens (primary N) is 1. The zero-order chi connectivity index (χ0) is 10.0. The van der Waals surface area contributed by atoms with Crippen LogP contribution in [0, 0.1) is 0 Å². The summed E-state index contributed by atoms with van der Waals surface area (Å²) >= 11 is 6.79. The molecular formula is C9H11Br2NO. The zero-order valence-corrected chi connectivity index (χ0v) is 10.3. The average Bonchev–Trinajstić information content (AvgIpc) is 2.03. The molecule has 0 aromatic heterocycles. The molecule has 1 unspecified atom stereocenters. The predicted octanol–water partition coefficient (Wildman–Crippen LogP) is 2.59. The highest BCUT2D eigenvalue weighted by Crippen LogP contribution is 2.30. The van der Waals surface area contributed by atoms with Gasteiger partial charge in [0.2, 0.25) is 0 Å². The predicted molar refractivity (Wildman–Crippen MR) is 60.5 cm³/mol. The first-order valence-electron chi connectivity index (χ1n) is 3.91. The van der Waals surface area contributed by atoms with Crippen LogP contribution in [0.5, 0.6) is 0 Å². The van der Waals surface area contributed by atoms with Crippen molar-refractivity contribution in [2.24, 2.45) is 5.73 Å². The standard InChI is InChI=1S/C9H11Br2NO/c1-5(13)9(12)8-6(10)3-2-4-7(8)11/h2-5,9,13H,12H2,1H3/t5?,9-/m1/s1. The fourth-order valence-electron chi connectivity index (χ4n) is 1.07. The smallest absolute Gasteiger partial charge is 0.0705 e. The molecule has 0 radical (unpaired) electrons. The third-order valence-electron chi connectivity index (χ3n) is 1.85. The second-order valence-corrected chi connectivity index (χ2v) is 4.61. The van der Waals surface area contributed by atoms with E-state index in [4.69, 9.17) is 5.73 Å². The van der Waals surface area contributed by atoms with Crippen molar-refractivity contribution in [1.82, 2.24) is 0 Å². The van der Waals surface area contributed by atoms with E-state index in [1.807, 2.05) is 18.2 Å². The van der Waals surface area contributed by atoms with E-state index >= 15 is 0 Å². The van der Waals surface area contributed by atoms with Crippen molar-refractivity contribution in [2.45, 2.75) is 19.1 Å². The summed E-state index contributed by atoms with van der Waals surface area (Å²) < 4.78 is 1.82. The Morgan fingerprint density at radius 1 is 1.31 bits per heavy atom. The molecule has 1 aromatic carbocycles. The summed E-state index contributed by atoms with van der Waals surface area (Å²) in [5.41, 5.74) is 6.73. The van der Waals surface area contributed by atoms with Crippen molar-refractivity contribution in [3.05, 3.63) is 32.7 Å². The van der Waals surface area contributed by atoms with Gasteiger partial charge in [-0.15, -0.1) is 0 Å². The van der Waals surface area contributed by atoms with Crippen LogP contribution in [0.15, 0.2) is 27.1 Å². The fourth-order valence-corrected chi connectivity index (χ4v) is 2.60.